The summed E-state index contributed by atoms with van der Waals surface area (Å²) in [6.45, 7) is -0.188. The number of carbonyl (C=O) groups excluding carboxylic acids is 1. The molecule has 5 nitrogen and oxygen atoms in total. The number of nitrogens with one attached hydrogen (secondary N) is 2. The second-order valence-corrected chi connectivity index (χ2v) is 5.19. The molecular formula is C12H22N2O3. The van der Waals surface area contributed by atoms with E-state index in [-0.39, 0.29) is 25.1 Å². The van der Waals surface area contributed by atoms with Gasteiger partial charge >= 0.3 is 0 Å². The molecule has 2 rings (SSSR count). The summed E-state index contributed by atoms with van der Waals surface area (Å²) >= 11 is 0. The van der Waals surface area contributed by atoms with Gasteiger partial charge in [-0.05, 0) is 25.2 Å². The van der Waals surface area contributed by atoms with Crippen molar-refractivity contribution < 1.29 is 15.0 Å². The first-order chi connectivity index (χ1) is 8.20. The highest BCUT2D eigenvalue weighted by Gasteiger charge is 2.38. The summed E-state index contributed by atoms with van der Waals surface area (Å²) < 4.78 is 0. The monoisotopic (exact) mass is 242 g/mol. The van der Waals surface area contributed by atoms with Crippen LogP contribution in [0.5, 0.6) is 0 Å². The fourth-order valence-corrected chi connectivity index (χ4v) is 2.93. The molecule has 0 aromatic rings. The van der Waals surface area contributed by atoms with Gasteiger partial charge in [0.05, 0.1) is 18.8 Å². The zero-order chi connectivity index (χ0) is 12.3. The van der Waals surface area contributed by atoms with Crippen LogP contribution in [0, 0.1) is 5.92 Å². The van der Waals surface area contributed by atoms with E-state index in [4.69, 9.17) is 5.11 Å². The standard InChI is InChI=1S/C12H22N2O3/c15-7-9(16)6-13-12(17)11-5-8-3-1-2-4-10(8)14-11/h8-11,14-16H,1-7H2,(H,13,17). The van der Waals surface area contributed by atoms with E-state index in [0.717, 1.165) is 6.42 Å². The topological polar surface area (TPSA) is 81.6 Å². The molecule has 1 aliphatic carbocycles. The van der Waals surface area contributed by atoms with Gasteiger partial charge in [-0.25, -0.2) is 0 Å². The van der Waals surface area contributed by atoms with Crippen LogP contribution in [0.4, 0.5) is 0 Å². The van der Waals surface area contributed by atoms with E-state index in [9.17, 15) is 9.90 Å². The molecule has 2 fully saturated rings. The summed E-state index contributed by atoms with van der Waals surface area (Å²) in [5.74, 6) is 0.592. The van der Waals surface area contributed by atoms with Crippen molar-refractivity contribution in [3.63, 3.8) is 0 Å². The van der Waals surface area contributed by atoms with E-state index >= 15 is 0 Å². The van der Waals surface area contributed by atoms with E-state index in [1.54, 1.807) is 0 Å². The van der Waals surface area contributed by atoms with Gasteiger partial charge < -0.3 is 20.8 Å². The third-order valence-electron chi connectivity index (χ3n) is 3.90. The molecule has 1 heterocycles. The van der Waals surface area contributed by atoms with E-state index < -0.39 is 6.10 Å². The minimum Gasteiger partial charge on any atom is -0.394 e. The molecule has 0 radical (unpaired) electrons. The number of aliphatic hydroxyl groups excluding tert-OH is 2. The molecule has 1 aliphatic heterocycles. The molecule has 17 heavy (non-hydrogen) atoms. The number of hydrogen-bond donors (Lipinski definition) is 4. The molecule has 1 saturated carbocycles. The van der Waals surface area contributed by atoms with Crippen LogP contribution in [-0.4, -0.2) is 47.5 Å². The second-order valence-electron chi connectivity index (χ2n) is 5.19. The highest BCUT2D eigenvalue weighted by Crippen LogP contribution is 2.33. The average molecular weight is 242 g/mol. The van der Waals surface area contributed by atoms with Crippen LogP contribution >= 0.6 is 0 Å². The molecular weight excluding hydrogens is 220 g/mol. The molecule has 1 saturated heterocycles. The summed E-state index contributed by atoms with van der Waals surface area (Å²) in [5, 5.41) is 23.9. The first-order valence-electron chi connectivity index (χ1n) is 6.53. The number of fused-ring (bicyclic) bond motifs is 1. The lowest BCUT2D eigenvalue weighted by Crippen LogP contribution is -2.45. The van der Waals surface area contributed by atoms with Gasteiger partial charge in [-0.1, -0.05) is 12.8 Å². The molecule has 4 atom stereocenters. The Labute approximate surface area is 102 Å². The summed E-state index contributed by atoms with van der Waals surface area (Å²) in [7, 11) is 0. The van der Waals surface area contributed by atoms with Crippen LogP contribution in [-0.2, 0) is 4.79 Å². The molecule has 5 heteroatoms. The van der Waals surface area contributed by atoms with Crippen molar-refractivity contribution in [3.8, 4) is 0 Å². The molecule has 4 unspecified atom stereocenters. The molecule has 4 N–H and O–H groups in total. The van der Waals surface area contributed by atoms with Gasteiger partial charge in [0.25, 0.3) is 0 Å². The van der Waals surface area contributed by atoms with Crippen molar-refractivity contribution in [1.82, 2.24) is 10.6 Å². The van der Waals surface area contributed by atoms with Gasteiger partial charge in [0, 0.05) is 12.6 Å². The Balaban J connectivity index is 1.77. The van der Waals surface area contributed by atoms with Gasteiger partial charge in [-0.15, -0.1) is 0 Å². The van der Waals surface area contributed by atoms with Crippen molar-refractivity contribution in [2.45, 2.75) is 50.3 Å². The normalized spacial score (nSPS) is 34.1. The maximum Gasteiger partial charge on any atom is 0.237 e. The Hall–Kier alpha value is -0.650. The maximum absolute atomic E-state index is 11.8. The van der Waals surface area contributed by atoms with E-state index in [0.29, 0.717) is 12.0 Å². The summed E-state index contributed by atoms with van der Waals surface area (Å²) in [4.78, 5) is 11.8. The first kappa shape index (κ1) is 12.8. The molecule has 98 valence electrons. The lowest BCUT2D eigenvalue weighted by molar-refractivity contribution is -0.123. The Kier molecular flexibility index (Phi) is 4.36. The summed E-state index contributed by atoms with van der Waals surface area (Å²) in [5.41, 5.74) is 0. The highest BCUT2D eigenvalue weighted by atomic mass is 16.3. The highest BCUT2D eigenvalue weighted by molar-refractivity contribution is 5.82. The minimum absolute atomic E-state index is 0.0492. The van der Waals surface area contributed by atoms with E-state index in [1.165, 1.54) is 25.7 Å². The molecule has 0 aromatic carbocycles. The molecule has 1 amide bonds. The van der Waals surface area contributed by atoms with Crippen LogP contribution in [0.15, 0.2) is 0 Å². The molecule has 0 bridgehead atoms. The summed E-state index contributed by atoms with van der Waals surface area (Å²) in [6, 6.07) is 0.385. The SMILES string of the molecule is O=C(NCC(O)CO)C1CC2CCCCC2N1. The van der Waals surface area contributed by atoms with Gasteiger partial charge in [-0.2, -0.15) is 0 Å². The quantitative estimate of drug-likeness (QED) is 0.529. The van der Waals surface area contributed by atoms with Crippen molar-refractivity contribution >= 4 is 5.91 Å². The van der Waals surface area contributed by atoms with Crippen LogP contribution in [0.1, 0.15) is 32.1 Å². The van der Waals surface area contributed by atoms with Crippen molar-refractivity contribution in [2.75, 3.05) is 13.2 Å². The van der Waals surface area contributed by atoms with Crippen molar-refractivity contribution in [1.29, 1.82) is 0 Å². The first-order valence-corrected chi connectivity index (χ1v) is 6.53. The number of carbonyl (C=O) groups is 1. The van der Waals surface area contributed by atoms with Gasteiger partial charge in [0.2, 0.25) is 5.91 Å². The van der Waals surface area contributed by atoms with Gasteiger partial charge in [0.15, 0.2) is 0 Å². The van der Waals surface area contributed by atoms with E-state index in [2.05, 4.69) is 10.6 Å². The smallest absolute Gasteiger partial charge is 0.237 e. The fraction of sp³-hybridized carbons (Fsp3) is 0.917. The molecule has 0 spiro atoms. The Morgan fingerprint density at radius 1 is 1.41 bits per heavy atom. The van der Waals surface area contributed by atoms with Crippen LogP contribution in [0.2, 0.25) is 0 Å². The van der Waals surface area contributed by atoms with Crippen LogP contribution < -0.4 is 10.6 Å². The lowest BCUT2D eigenvalue weighted by atomic mass is 9.85. The average Bonchev–Trinajstić information content (AvgIpc) is 2.79. The van der Waals surface area contributed by atoms with E-state index in [1.807, 2.05) is 0 Å². The zero-order valence-electron chi connectivity index (χ0n) is 10.1. The predicted molar refractivity (Wildman–Crippen MR) is 63.4 cm³/mol. The predicted octanol–water partition coefficient (Wildman–Crippen LogP) is -0.623. The zero-order valence-corrected chi connectivity index (χ0v) is 10.1. The summed E-state index contributed by atoms with van der Waals surface area (Å²) in [6.07, 6.45) is 4.98. The Morgan fingerprint density at radius 2 is 2.18 bits per heavy atom. The number of rotatable bonds is 4. The maximum atomic E-state index is 11.8. The van der Waals surface area contributed by atoms with Gasteiger partial charge in [0.1, 0.15) is 0 Å². The number of hydrogen-bond acceptors (Lipinski definition) is 4. The third-order valence-corrected chi connectivity index (χ3v) is 3.90. The van der Waals surface area contributed by atoms with Crippen molar-refractivity contribution in [3.05, 3.63) is 0 Å². The Bertz CT molecular complexity index is 258. The lowest BCUT2D eigenvalue weighted by Gasteiger charge is -2.24. The van der Waals surface area contributed by atoms with Gasteiger partial charge in [-0.3, -0.25) is 4.79 Å². The number of amides is 1. The second kappa shape index (κ2) is 5.80. The molecule has 0 aromatic heterocycles. The van der Waals surface area contributed by atoms with Crippen LogP contribution in [0.25, 0.3) is 0 Å². The Morgan fingerprint density at radius 3 is 2.88 bits per heavy atom. The minimum atomic E-state index is -0.859. The largest absolute Gasteiger partial charge is 0.394 e. The van der Waals surface area contributed by atoms with Crippen LogP contribution in [0.3, 0.4) is 0 Å². The van der Waals surface area contributed by atoms with Crippen molar-refractivity contribution in [2.24, 2.45) is 5.92 Å². The number of aliphatic hydroxyl groups is 2. The third kappa shape index (κ3) is 3.18. The molecule has 2 aliphatic rings. The fourth-order valence-electron chi connectivity index (χ4n) is 2.93.